The molecule has 3 aromatic rings. The molecule has 0 unspecified atom stereocenters. The smallest absolute Gasteiger partial charge is 0.310 e. The Hall–Kier alpha value is -3.13. The Morgan fingerprint density at radius 2 is 2.07 bits per heavy atom. The molecule has 0 aliphatic heterocycles. The van der Waals surface area contributed by atoms with Crippen molar-refractivity contribution in [3.63, 3.8) is 0 Å². The van der Waals surface area contributed by atoms with Gasteiger partial charge in [0.15, 0.2) is 0 Å². The molecule has 4 rings (SSSR count). The Bertz CT molecular complexity index is 1040. The van der Waals surface area contributed by atoms with Gasteiger partial charge in [-0.05, 0) is 56.4 Å². The second-order valence-electron chi connectivity index (χ2n) is 6.97. The highest BCUT2D eigenvalue weighted by Crippen LogP contribution is 2.33. The molecule has 0 saturated heterocycles. The quantitative estimate of drug-likeness (QED) is 0.658. The first-order valence-electron chi connectivity index (χ1n) is 9.26. The molecule has 5 nitrogen and oxygen atoms in total. The molecule has 2 aromatic carbocycles. The molecule has 0 N–H and O–H groups in total. The molecule has 1 aromatic heterocycles. The summed E-state index contributed by atoms with van der Waals surface area (Å²) in [6.07, 6.45) is 3.44. The number of rotatable bonds is 4. The van der Waals surface area contributed by atoms with Gasteiger partial charge in [0.2, 0.25) is 5.82 Å². The van der Waals surface area contributed by atoms with Crippen molar-refractivity contribution in [3.8, 4) is 34.7 Å². The molecule has 0 radical (unpaired) electrons. The van der Waals surface area contributed by atoms with Gasteiger partial charge in [-0.25, -0.2) is 0 Å². The summed E-state index contributed by atoms with van der Waals surface area (Å²) in [5.74, 6) is 1.83. The minimum absolute atomic E-state index is 0.0665. The summed E-state index contributed by atoms with van der Waals surface area (Å²) in [5.41, 5.74) is 5.41. The summed E-state index contributed by atoms with van der Waals surface area (Å²) >= 11 is 0. The first kappa shape index (κ1) is 17.3. The van der Waals surface area contributed by atoms with Gasteiger partial charge < -0.3 is 9.26 Å². The Morgan fingerprint density at radius 3 is 2.89 bits per heavy atom. The van der Waals surface area contributed by atoms with E-state index in [4.69, 9.17) is 9.26 Å². The maximum Gasteiger partial charge on any atom is 0.310 e. The van der Waals surface area contributed by atoms with Gasteiger partial charge in [0.1, 0.15) is 11.3 Å². The first-order valence-corrected chi connectivity index (χ1v) is 9.26. The van der Waals surface area contributed by atoms with E-state index in [1.165, 1.54) is 17.5 Å². The minimum Gasteiger partial charge on any atom is -0.491 e. The zero-order valence-corrected chi connectivity index (χ0v) is 15.8. The van der Waals surface area contributed by atoms with Crippen LogP contribution >= 0.6 is 0 Å². The average molecular weight is 360 g/mol. The maximum atomic E-state index is 5.84. The van der Waals surface area contributed by atoms with Gasteiger partial charge in [-0.15, -0.1) is 0 Å². The van der Waals surface area contributed by atoms with E-state index in [2.05, 4.69) is 39.3 Å². The highest BCUT2D eigenvalue weighted by atomic mass is 16.5. The van der Waals surface area contributed by atoms with E-state index in [9.17, 15) is 0 Å². The zero-order chi connectivity index (χ0) is 18.8. The van der Waals surface area contributed by atoms with E-state index in [-0.39, 0.29) is 6.10 Å². The third-order valence-electron chi connectivity index (χ3n) is 4.58. The molecule has 5 heteroatoms. The van der Waals surface area contributed by atoms with Gasteiger partial charge in [-0.1, -0.05) is 28.2 Å². The van der Waals surface area contributed by atoms with Crippen molar-refractivity contribution < 1.29 is 9.26 Å². The van der Waals surface area contributed by atoms with Crippen molar-refractivity contribution in [1.29, 1.82) is 0 Å². The molecule has 136 valence electrons. The molecule has 1 heterocycles. The van der Waals surface area contributed by atoms with Crippen LogP contribution in [0.4, 0.5) is 0 Å². The van der Waals surface area contributed by atoms with Gasteiger partial charge in [0.25, 0.3) is 12.9 Å². The third kappa shape index (κ3) is 3.56. The third-order valence-corrected chi connectivity index (χ3v) is 4.58. The normalized spacial score (nSPS) is 12.6. The lowest BCUT2D eigenvalue weighted by molar-refractivity contribution is 0.242. The van der Waals surface area contributed by atoms with Crippen LogP contribution in [0.25, 0.3) is 27.7 Å². The van der Waals surface area contributed by atoms with Crippen LogP contribution in [0.3, 0.4) is 0 Å². The lowest BCUT2D eigenvalue weighted by Crippen LogP contribution is -2.05. The zero-order valence-electron chi connectivity index (χ0n) is 15.8. The number of aromatic nitrogens is 2. The Kier molecular flexibility index (Phi) is 4.64. The van der Waals surface area contributed by atoms with Crippen LogP contribution in [0.2, 0.25) is 0 Å². The number of hydrogen-bond acceptors (Lipinski definition) is 4. The highest BCUT2D eigenvalue weighted by molar-refractivity contribution is 5.66. The Balaban J connectivity index is 1.74. The fourth-order valence-electron chi connectivity index (χ4n) is 3.54. The number of aryl methyl sites for hydroxylation is 1. The van der Waals surface area contributed by atoms with Crippen LogP contribution in [0.5, 0.6) is 5.75 Å². The van der Waals surface area contributed by atoms with Crippen LogP contribution in [-0.2, 0) is 12.8 Å². The van der Waals surface area contributed by atoms with E-state index in [1.54, 1.807) is 7.05 Å². The lowest BCUT2D eigenvalue weighted by Gasteiger charge is -2.10. The van der Waals surface area contributed by atoms with Gasteiger partial charge in [-0.2, -0.15) is 4.98 Å². The molecule has 1 aliphatic carbocycles. The monoisotopic (exact) mass is 360 g/mol. The van der Waals surface area contributed by atoms with Crippen molar-refractivity contribution in [2.24, 2.45) is 0 Å². The molecular weight excluding hydrogens is 338 g/mol. The number of hydrogen-bond donors (Lipinski definition) is 0. The summed E-state index contributed by atoms with van der Waals surface area (Å²) in [6, 6.07) is 15.0. The SMILES string of the molecule is C[N+]#Cc1cc(OC(C)C)cc(-c2nc(-c3cccc4c3CCC4)no2)c1. The second-order valence-corrected chi connectivity index (χ2v) is 6.97. The summed E-state index contributed by atoms with van der Waals surface area (Å²) < 4.78 is 11.4. The Labute approximate surface area is 158 Å². The van der Waals surface area contributed by atoms with Crippen LogP contribution in [-0.4, -0.2) is 23.3 Å². The molecule has 0 amide bonds. The maximum absolute atomic E-state index is 5.84. The molecule has 1 aliphatic rings. The van der Waals surface area contributed by atoms with Crippen LogP contribution in [0.15, 0.2) is 40.9 Å². The summed E-state index contributed by atoms with van der Waals surface area (Å²) in [7, 11) is 1.69. The van der Waals surface area contributed by atoms with Gasteiger partial charge >= 0.3 is 6.07 Å². The van der Waals surface area contributed by atoms with Gasteiger partial charge in [-0.3, -0.25) is 0 Å². The predicted octanol–water partition coefficient (Wildman–Crippen LogP) is 4.99. The first-order chi connectivity index (χ1) is 13.1. The van der Waals surface area contributed by atoms with Crippen molar-refractivity contribution >= 4 is 0 Å². The van der Waals surface area contributed by atoms with Crippen molar-refractivity contribution in [2.45, 2.75) is 39.2 Å². The molecule has 0 saturated carbocycles. The van der Waals surface area contributed by atoms with E-state index in [0.29, 0.717) is 11.7 Å². The second kappa shape index (κ2) is 7.24. The standard InChI is InChI=1S/C22H22N3O2/c1-14(2)26-18-11-15(13-23-3)10-17(12-18)22-24-21(25-27-22)20-9-5-7-16-6-4-8-19(16)20/h5,7,9-12,14H,4,6,8H2,1-3H3/q+1. The highest BCUT2D eigenvalue weighted by Gasteiger charge is 2.20. The fraction of sp³-hybridized carbons (Fsp3) is 0.318. The average Bonchev–Trinajstić information content (AvgIpc) is 3.30. The predicted molar refractivity (Wildman–Crippen MR) is 105 cm³/mol. The lowest BCUT2D eigenvalue weighted by atomic mass is 10.0. The van der Waals surface area contributed by atoms with Gasteiger partial charge in [0, 0.05) is 17.2 Å². The van der Waals surface area contributed by atoms with Crippen molar-refractivity contribution in [3.05, 3.63) is 57.9 Å². The largest absolute Gasteiger partial charge is 0.491 e. The minimum atomic E-state index is 0.0665. The molecule has 27 heavy (non-hydrogen) atoms. The fourth-order valence-corrected chi connectivity index (χ4v) is 3.54. The van der Waals surface area contributed by atoms with Gasteiger partial charge in [0.05, 0.1) is 6.10 Å². The van der Waals surface area contributed by atoms with E-state index < -0.39 is 0 Å². The number of fused-ring (bicyclic) bond motifs is 1. The summed E-state index contributed by atoms with van der Waals surface area (Å²) in [6.45, 7) is 3.98. The van der Waals surface area contributed by atoms with E-state index >= 15 is 0 Å². The molecule has 0 spiro atoms. The van der Waals surface area contributed by atoms with Crippen LogP contribution in [0, 0.1) is 6.07 Å². The van der Waals surface area contributed by atoms with Crippen LogP contribution < -0.4 is 4.74 Å². The Morgan fingerprint density at radius 1 is 1.19 bits per heavy atom. The molecule has 0 fully saturated rings. The topological polar surface area (TPSA) is 52.5 Å². The number of ether oxygens (including phenoxy) is 1. The number of nitrogens with zero attached hydrogens (tertiary/aromatic N) is 3. The summed E-state index contributed by atoms with van der Waals surface area (Å²) in [4.78, 5) is 8.64. The van der Waals surface area contributed by atoms with Crippen LogP contribution in [0.1, 0.15) is 37.0 Å². The van der Waals surface area contributed by atoms with Crippen molar-refractivity contribution in [1.82, 2.24) is 10.1 Å². The van der Waals surface area contributed by atoms with Crippen molar-refractivity contribution in [2.75, 3.05) is 7.05 Å². The summed E-state index contributed by atoms with van der Waals surface area (Å²) in [5, 5.41) is 4.24. The van der Waals surface area contributed by atoms with E-state index in [0.717, 1.165) is 35.3 Å². The molecular formula is C22H22N3O2+. The number of benzene rings is 2. The molecule has 0 bridgehead atoms. The molecule has 0 atom stereocenters. The van der Waals surface area contributed by atoms with E-state index in [1.807, 2.05) is 32.0 Å².